The summed E-state index contributed by atoms with van der Waals surface area (Å²) in [6.07, 6.45) is 6.16. The van der Waals surface area contributed by atoms with E-state index >= 15 is 0 Å². The van der Waals surface area contributed by atoms with Crippen molar-refractivity contribution < 1.29 is 19.0 Å². The van der Waals surface area contributed by atoms with Crippen LogP contribution < -0.4 is 4.74 Å². The molecule has 7 heteroatoms. The third-order valence-corrected chi connectivity index (χ3v) is 7.25. The average molecular weight is 464 g/mol. The maximum atomic E-state index is 14.5. The van der Waals surface area contributed by atoms with Gasteiger partial charge in [0, 0.05) is 28.7 Å². The van der Waals surface area contributed by atoms with E-state index in [1.807, 2.05) is 0 Å². The fourth-order valence-electron chi connectivity index (χ4n) is 5.27. The molecule has 1 aliphatic carbocycles. The summed E-state index contributed by atoms with van der Waals surface area (Å²) in [6, 6.07) is 9.01. The Morgan fingerprint density at radius 2 is 1.68 bits per heavy atom. The molecule has 3 fully saturated rings. The van der Waals surface area contributed by atoms with E-state index in [-0.39, 0.29) is 11.7 Å². The second kappa shape index (κ2) is 8.27. The fraction of sp³-hybridized carbons (Fsp3) is 0.458. The van der Waals surface area contributed by atoms with Crippen molar-refractivity contribution in [3.05, 3.63) is 62.9 Å². The van der Waals surface area contributed by atoms with Crippen LogP contribution in [0.25, 0.3) is 0 Å². The molecule has 2 saturated heterocycles. The lowest BCUT2D eigenvalue weighted by Gasteiger charge is -2.39. The number of fused-ring (bicyclic) bond motifs is 2. The Morgan fingerprint density at radius 3 is 2.26 bits per heavy atom. The molecule has 2 heterocycles. The average Bonchev–Trinajstić information content (AvgIpc) is 3.48. The third kappa shape index (κ3) is 4.41. The van der Waals surface area contributed by atoms with Gasteiger partial charge in [-0.2, -0.15) is 0 Å². The zero-order chi connectivity index (χ0) is 21.7. The molecular weight excluding hydrogens is 440 g/mol. The molecule has 5 rings (SSSR count). The molecular formula is C24H24Cl2FNO3. The van der Waals surface area contributed by atoms with Gasteiger partial charge in [-0.15, -0.1) is 0 Å². The topological polar surface area (TPSA) is 49.8 Å². The number of benzene rings is 2. The van der Waals surface area contributed by atoms with E-state index in [4.69, 9.17) is 27.9 Å². The lowest BCUT2D eigenvalue weighted by Crippen LogP contribution is -2.45. The molecule has 3 atom stereocenters. The van der Waals surface area contributed by atoms with Crippen LogP contribution in [0.2, 0.25) is 10.0 Å². The largest absolute Gasteiger partial charge is 0.490 e. The van der Waals surface area contributed by atoms with Gasteiger partial charge in [0.15, 0.2) is 0 Å². The minimum Gasteiger partial charge on any atom is -0.490 e. The number of hydrogen-bond donors (Lipinski definition) is 1. The Balaban J connectivity index is 1.32. The molecule has 0 radical (unpaired) electrons. The molecule has 31 heavy (non-hydrogen) atoms. The van der Waals surface area contributed by atoms with E-state index in [0.717, 1.165) is 49.7 Å². The molecule has 1 saturated carbocycles. The number of ether oxygens (including phenoxy) is 1. The van der Waals surface area contributed by atoms with Crippen LogP contribution in [0.4, 0.5) is 4.39 Å². The highest BCUT2D eigenvalue weighted by Gasteiger charge is 2.42. The number of carboxylic acid groups (broad SMARTS) is 1. The first kappa shape index (κ1) is 21.0. The van der Waals surface area contributed by atoms with Crippen LogP contribution in [0.1, 0.15) is 65.9 Å². The van der Waals surface area contributed by atoms with Crippen LogP contribution in [0.3, 0.4) is 0 Å². The molecule has 0 aromatic heterocycles. The van der Waals surface area contributed by atoms with Gasteiger partial charge in [0.25, 0.3) is 0 Å². The smallest absolute Gasteiger partial charge is 0.338 e. The van der Waals surface area contributed by atoms with E-state index in [9.17, 15) is 14.3 Å². The molecule has 1 N–H and O–H groups in total. The standard InChI is InChI=1S/C24H24Cl2FNO3/c25-15-6-16(26)8-19(7-15)31-20-9-17-3-4-18(10-20)28(17)12-14-5-23(27)22(24(29)30)11-21(14)13-1-2-13/h5-8,11,13,17-18,20H,1-4,9-10,12H2,(H,29,30)/t17-,18+,20-. The van der Waals surface area contributed by atoms with Gasteiger partial charge in [-0.25, -0.2) is 9.18 Å². The van der Waals surface area contributed by atoms with Crippen molar-refractivity contribution in [3.8, 4) is 5.75 Å². The number of aromatic carboxylic acids is 1. The van der Waals surface area contributed by atoms with Crippen LogP contribution >= 0.6 is 23.2 Å². The first-order chi connectivity index (χ1) is 14.9. The molecule has 2 aromatic rings. The van der Waals surface area contributed by atoms with Gasteiger partial charge in [0.1, 0.15) is 17.7 Å². The highest BCUT2D eigenvalue weighted by atomic mass is 35.5. The first-order valence-electron chi connectivity index (χ1n) is 10.8. The molecule has 0 amide bonds. The lowest BCUT2D eigenvalue weighted by molar-refractivity contribution is 0.0443. The zero-order valence-electron chi connectivity index (χ0n) is 17.0. The van der Waals surface area contributed by atoms with E-state index < -0.39 is 11.8 Å². The van der Waals surface area contributed by atoms with Crippen LogP contribution in [0, 0.1) is 5.82 Å². The molecule has 2 aliphatic heterocycles. The molecule has 3 aliphatic rings. The van der Waals surface area contributed by atoms with Crippen molar-refractivity contribution in [2.45, 2.75) is 69.2 Å². The van der Waals surface area contributed by atoms with Crippen molar-refractivity contribution in [2.24, 2.45) is 0 Å². The highest BCUT2D eigenvalue weighted by Crippen LogP contribution is 2.44. The maximum Gasteiger partial charge on any atom is 0.338 e. The molecule has 164 valence electrons. The van der Waals surface area contributed by atoms with Gasteiger partial charge in [0.05, 0.1) is 5.56 Å². The van der Waals surface area contributed by atoms with Crippen molar-refractivity contribution in [3.63, 3.8) is 0 Å². The highest BCUT2D eigenvalue weighted by molar-refractivity contribution is 6.34. The van der Waals surface area contributed by atoms with Crippen LogP contribution in [-0.2, 0) is 6.54 Å². The molecule has 0 unspecified atom stereocenters. The van der Waals surface area contributed by atoms with Gasteiger partial charge < -0.3 is 9.84 Å². The number of rotatable bonds is 6. The summed E-state index contributed by atoms with van der Waals surface area (Å²) >= 11 is 12.2. The van der Waals surface area contributed by atoms with Crippen molar-refractivity contribution in [2.75, 3.05) is 0 Å². The monoisotopic (exact) mass is 463 g/mol. The zero-order valence-corrected chi connectivity index (χ0v) is 18.5. The Morgan fingerprint density at radius 1 is 1.03 bits per heavy atom. The van der Waals surface area contributed by atoms with E-state index in [1.54, 1.807) is 24.3 Å². The fourth-order valence-corrected chi connectivity index (χ4v) is 5.78. The summed E-state index contributed by atoms with van der Waals surface area (Å²) in [4.78, 5) is 13.8. The number of halogens is 3. The predicted octanol–water partition coefficient (Wildman–Crippen LogP) is 6.28. The van der Waals surface area contributed by atoms with E-state index in [1.165, 1.54) is 6.07 Å². The van der Waals surface area contributed by atoms with E-state index in [2.05, 4.69) is 4.90 Å². The molecule has 2 bridgehead atoms. The minimum absolute atomic E-state index is 0.0947. The third-order valence-electron chi connectivity index (χ3n) is 6.81. The Kier molecular flexibility index (Phi) is 5.61. The summed E-state index contributed by atoms with van der Waals surface area (Å²) in [6.45, 7) is 0.660. The lowest BCUT2D eigenvalue weighted by atomic mass is 9.95. The van der Waals surface area contributed by atoms with E-state index in [0.29, 0.717) is 40.3 Å². The van der Waals surface area contributed by atoms with Crippen molar-refractivity contribution in [1.82, 2.24) is 4.90 Å². The number of nitrogens with zero attached hydrogens (tertiary/aromatic N) is 1. The van der Waals surface area contributed by atoms with Gasteiger partial charge in [-0.05, 0) is 85.9 Å². The first-order valence-corrected chi connectivity index (χ1v) is 11.6. The van der Waals surface area contributed by atoms with Crippen LogP contribution in [0.15, 0.2) is 30.3 Å². The summed E-state index contributed by atoms with van der Waals surface area (Å²) in [7, 11) is 0. The Hall–Kier alpha value is -1.82. The summed E-state index contributed by atoms with van der Waals surface area (Å²) in [5, 5.41) is 10.4. The second-order valence-corrected chi connectivity index (χ2v) is 9.86. The van der Waals surface area contributed by atoms with Gasteiger partial charge >= 0.3 is 5.97 Å². The van der Waals surface area contributed by atoms with Crippen LogP contribution in [-0.4, -0.2) is 34.2 Å². The van der Waals surface area contributed by atoms with Crippen molar-refractivity contribution in [1.29, 1.82) is 0 Å². The normalized spacial score (nSPS) is 25.6. The summed E-state index contributed by atoms with van der Waals surface area (Å²) in [5.74, 6) is -0.794. The Labute approximate surface area is 190 Å². The number of piperidine rings is 1. The van der Waals surface area contributed by atoms with Gasteiger partial charge in [0.2, 0.25) is 0 Å². The Bertz CT molecular complexity index is 992. The number of hydrogen-bond acceptors (Lipinski definition) is 3. The van der Waals surface area contributed by atoms with Gasteiger partial charge in [-0.3, -0.25) is 4.90 Å². The SMILES string of the molecule is O=C(O)c1cc(C2CC2)c(CN2[C@@H]3CC[C@H]2C[C@H](Oc2cc(Cl)cc(Cl)c2)C3)cc1F. The number of carboxylic acids is 1. The molecule has 0 spiro atoms. The second-order valence-electron chi connectivity index (χ2n) is 8.98. The minimum atomic E-state index is -1.20. The maximum absolute atomic E-state index is 14.5. The van der Waals surface area contributed by atoms with Crippen LogP contribution in [0.5, 0.6) is 5.75 Å². The number of carbonyl (C=O) groups is 1. The van der Waals surface area contributed by atoms with Crippen molar-refractivity contribution >= 4 is 29.2 Å². The predicted molar refractivity (Wildman–Crippen MR) is 118 cm³/mol. The summed E-state index contributed by atoms with van der Waals surface area (Å²) in [5.41, 5.74) is 1.72. The molecule has 4 nitrogen and oxygen atoms in total. The molecule has 2 aromatic carbocycles. The quantitative estimate of drug-likeness (QED) is 0.547. The summed E-state index contributed by atoms with van der Waals surface area (Å²) < 4.78 is 20.7. The van der Waals surface area contributed by atoms with Gasteiger partial charge in [-0.1, -0.05) is 23.2 Å².